The second kappa shape index (κ2) is 13.6. The molecule has 2 aromatic heterocycles. The molecule has 0 bridgehead atoms. The van der Waals surface area contributed by atoms with Crippen molar-refractivity contribution in [1.82, 2.24) is 15.0 Å². The molecule has 8 aromatic rings. The van der Waals surface area contributed by atoms with E-state index in [1.165, 1.54) is 0 Å². The Morgan fingerprint density at radius 3 is 1.61 bits per heavy atom. The monoisotopic (exact) mass is 713 g/mol. The van der Waals surface area contributed by atoms with Crippen LogP contribution in [0.15, 0.2) is 176 Å². The number of benzene rings is 6. The summed E-state index contributed by atoms with van der Waals surface area (Å²) in [5, 5.41) is 21.8. The minimum Gasteiger partial charge on any atom is -0.309 e. The standard InChI is InChI=1S/C47H32N5OP/c48-44-38(29-39-43(45(44)49)37-23-13-14-24-40(37)50-46(39)32-15-5-1-6-16-32)42-30-41(51-47(52-42)33-17-7-2-8-18-33)31-25-27-36(28-26-31)54(53,34-19-9-3-10-20-34)35-21-11-4-12-22-35/h1-30,48-49H. The van der Waals surface area contributed by atoms with E-state index in [0.29, 0.717) is 28.3 Å². The number of allylic oxidation sites excluding steroid dienone is 1. The summed E-state index contributed by atoms with van der Waals surface area (Å²) in [7, 11) is -3.17. The van der Waals surface area contributed by atoms with Crippen molar-refractivity contribution in [3.8, 4) is 33.9 Å². The van der Waals surface area contributed by atoms with E-state index in [2.05, 4.69) is 0 Å². The summed E-state index contributed by atoms with van der Waals surface area (Å²) in [5.41, 5.74) is 7.40. The molecule has 0 unspecified atom stereocenters. The normalized spacial score (nSPS) is 12.7. The maximum atomic E-state index is 15.1. The van der Waals surface area contributed by atoms with Crippen LogP contribution in [-0.4, -0.2) is 26.4 Å². The van der Waals surface area contributed by atoms with Crippen molar-refractivity contribution in [1.29, 1.82) is 10.8 Å². The van der Waals surface area contributed by atoms with Gasteiger partial charge in [0.2, 0.25) is 0 Å². The van der Waals surface area contributed by atoms with E-state index in [4.69, 9.17) is 15.0 Å². The molecule has 1 aliphatic rings. The Morgan fingerprint density at radius 1 is 0.463 bits per heavy atom. The predicted octanol–water partition coefficient (Wildman–Crippen LogP) is 9.61. The van der Waals surface area contributed by atoms with Crippen LogP contribution in [0.4, 0.5) is 0 Å². The molecule has 0 atom stereocenters. The molecule has 0 radical (unpaired) electrons. The third kappa shape index (κ3) is 5.70. The molecule has 1 aliphatic carbocycles. The predicted molar refractivity (Wildman–Crippen MR) is 222 cm³/mol. The number of nitrogens with zero attached hydrogens (tertiary/aromatic N) is 3. The van der Waals surface area contributed by atoms with Crippen molar-refractivity contribution in [2.45, 2.75) is 0 Å². The van der Waals surface area contributed by atoms with Crippen molar-refractivity contribution in [3.63, 3.8) is 0 Å². The lowest BCUT2D eigenvalue weighted by atomic mass is 9.83. The van der Waals surface area contributed by atoms with Gasteiger partial charge in [0.1, 0.15) is 0 Å². The molecule has 0 aliphatic heterocycles. The molecule has 54 heavy (non-hydrogen) atoms. The number of rotatable bonds is 7. The van der Waals surface area contributed by atoms with Gasteiger partial charge in [-0.1, -0.05) is 164 Å². The van der Waals surface area contributed by atoms with Crippen LogP contribution in [0.25, 0.3) is 56.5 Å². The smallest absolute Gasteiger partial charge is 0.171 e. The van der Waals surface area contributed by atoms with Gasteiger partial charge in [-0.25, -0.2) is 15.0 Å². The fraction of sp³-hybridized carbons (Fsp3) is 0. The minimum atomic E-state index is -3.17. The highest BCUT2D eigenvalue weighted by molar-refractivity contribution is 7.85. The average Bonchev–Trinajstić information content (AvgIpc) is 3.25. The third-order valence-corrected chi connectivity index (χ3v) is 12.9. The van der Waals surface area contributed by atoms with Gasteiger partial charge in [-0.3, -0.25) is 10.8 Å². The lowest BCUT2D eigenvalue weighted by molar-refractivity contribution is 0.592. The van der Waals surface area contributed by atoms with Gasteiger partial charge >= 0.3 is 0 Å². The van der Waals surface area contributed by atoms with Gasteiger partial charge in [0, 0.05) is 54.7 Å². The molecular formula is C47H32N5OP. The van der Waals surface area contributed by atoms with Gasteiger partial charge in [-0.05, 0) is 18.2 Å². The SMILES string of the molecule is N=C1C(=N)c2c(c(-c3ccccc3)nc3ccccc23)C=C1c1cc(-c2ccc(P(=O)(c3ccccc3)c3ccccc3)cc2)nc(-c2ccccc2)n1. The fourth-order valence-electron chi connectivity index (χ4n) is 7.15. The second-order valence-corrected chi connectivity index (χ2v) is 15.9. The molecule has 2 N–H and O–H groups in total. The van der Waals surface area contributed by atoms with Gasteiger partial charge in [0.25, 0.3) is 0 Å². The Bertz CT molecular complexity index is 2760. The lowest BCUT2D eigenvalue weighted by Crippen LogP contribution is -2.24. The maximum absolute atomic E-state index is 15.1. The van der Waals surface area contributed by atoms with Crippen LogP contribution >= 0.6 is 7.14 Å². The third-order valence-electron chi connectivity index (χ3n) is 9.84. The van der Waals surface area contributed by atoms with E-state index in [9.17, 15) is 10.8 Å². The number of hydrogen-bond acceptors (Lipinski definition) is 6. The highest BCUT2D eigenvalue weighted by Gasteiger charge is 2.31. The highest BCUT2D eigenvalue weighted by atomic mass is 31.2. The highest BCUT2D eigenvalue weighted by Crippen LogP contribution is 2.43. The van der Waals surface area contributed by atoms with Crippen LogP contribution in [0, 0.1) is 10.8 Å². The number of nitrogens with one attached hydrogen (secondary N) is 2. The van der Waals surface area contributed by atoms with Crippen molar-refractivity contribution in [3.05, 3.63) is 193 Å². The minimum absolute atomic E-state index is 0.0727. The molecule has 0 saturated heterocycles. The van der Waals surface area contributed by atoms with Crippen LogP contribution in [0.1, 0.15) is 16.8 Å². The maximum Gasteiger partial charge on any atom is 0.171 e. The van der Waals surface area contributed by atoms with E-state index >= 15 is 4.57 Å². The van der Waals surface area contributed by atoms with Crippen LogP contribution < -0.4 is 15.9 Å². The summed E-state index contributed by atoms with van der Waals surface area (Å²) in [6.45, 7) is 0. The zero-order valence-electron chi connectivity index (χ0n) is 29.0. The number of hydrogen-bond donors (Lipinski definition) is 2. The molecule has 6 nitrogen and oxygen atoms in total. The summed E-state index contributed by atoms with van der Waals surface area (Å²) < 4.78 is 15.1. The van der Waals surface area contributed by atoms with E-state index < -0.39 is 7.14 Å². The molecule has 0 spiro atoms. The van der Waals surface area contributed by atoms with Crippen LogP contribution in [-0.2, 0) is 4.57 Å². The Kier molecular flexibility index (Phi) is 8.30. The zero-order valence-corrected chi connectivity index (χ0v) is 29.9. The summed E-state index contributed by atoms with van der Waals surface area (Å²) >= 11 is 0. The van der Waals surface area contributed by atoms with Gasteiger partial charge in [0.05, 0.1) is 34.0 Å². The van der Waals surface area contributed by atoms with E-state index in [1.54, 1.807) is 0 Å². The van der Waals surface area contributed by atoms with Crippen molar-refractivity contribution >= 4 is 57.0 Å². The summed E-state index contributed by atoms with van der Waals surface area (Å²) in [6, 6.07) is 56.4. The van der Waals surface area contributed by atoms with Crippen LogP contribution in [0.2, 0.25) is 0 Å². The van der Waals surface area contributed by atoms with Gasteiger partial charge in [-0.15, -0.1) is 0 Å². The largest absolute Gasteiger partial charge is 0.309 e. The van der Waals surface area contributed by atoms with Crippen molar-refractivity contribution < 1.29 is 4.57 Å². The molecular weight excluding hydrogens is 682 g/mol. The molecule has 0 amide bonds. The van der Waals surface area contributed by atoms with Crippen molar-refractivity contribution in [2.24, 2.45) is 0 Å². The molecule has 0 fully saturated rings. The molecule has 9 rings (SSSR count). The Morgan fingerprint density at radius 2 is 0.981 bits per heavy atom. The average molecular weight is 714 g/mol. The van der Waals surface area contributed by atoms with Gasteiger partial charge in [-0.2, -0.15) is 0 Å². The summed E-state index contributed by atoms with van der Waals surface area (Å²) in [4.78, 5) is 15.1. The first-order valence-corrected chi connectivity index (χ1v) is 19.3. The first-order chi connectivity index (χ1) is 26.5. The number of para-hydroxylation sites is 1. The zero-order chi connectivity index (χ0) is 36.6. The Labute approximate surface area is 313 Å². The number of fused-ring (bicyclic) bond motifs is 3. The quantitative estimate of drug-likeness (QED) is 0.161. The van der Waals surface area contributed by atoms with Crippen molar-refractivity contribution in [2.75, 3.05) is 0 Å². The van der Waals surface area contributed by atoms with Gasteiger partial charge in [0.15, 0.2) is 13.0 Å². The van der Waals surface area contributed by atoms with E-state index in [0.717, 1.165) is 54.8 Å². The van der Waals surface area contributed by atoms with E-state index in [-0.39, 0.29) is 11.4 Å². The first kappa shape index (κ1) is 33.0. The number of aromatic nitrogens is 3. The Hall–Kier alpha value is -6.88. The van der Waals surface area contributed by atoms with Gasteiger partial charge < -0.3 is 4.57 Å². The van der Waals surface area contributed by atoms with Crippen LogP contribution in [0.3, 0.4) is 0 Å². The molecule has 0 saturated carbocycles. The first-order valence-electron chi connectivity index (χ1n) is 17.6. The summed E-state index contributed by atoms with van der Waals surface area (Å²) in [6.07, 6.45) is 1.96. The molecule has 7 heteroatoms. The molecule has 256 valence electrons. The topological polar surface area (TPSA) is 103 Å². The second-order valence-electron chi connectivity index (χ2n) is 13.1. The van der Waals surface area contributed by atoms with Crippen LogP contribution in [0.5, 0.6) is 0 Å². The molecule has 6 aromatic carbocycles. The Balaban J connectivity index is 1.22. The fourth-order valence-corrected chi connectivity index (χ4v) is 9.79. The number of pyridine rings is 1. The lowest BCUT2D eigenvalue weighted by Gasteiger charge is -2.23. The summed E-state index contributed by atoms with van der Waals surface area (Å²) in [5.74, 6) is 0.498. The van der Waals surface area contributed by atoms with E-state index in [1.807, 2.05) is 182 Å². The molecule has 2 heterocycles.